The number of hydrogen-bond acceptors (Lipinski definition) is 4. The van der Waals surface area contributed by atoms with Gasteiger partial charge in [-0.05, 0) is 24.3 Å². The molecule has 0 radical (unpaired) electrons. The summed E-state index contributed by atoms with van der Waals surface area (Å²) in [4.78, 5) is 15.9. The van der Waals surface area contributed by atoms with Crippen LogP contribution >= 0.6 is 0 Å². The van der Waals surface area contributed by atoms with Crippen molar-refractivity contribution in [2.45, 2.75) is 6.61 Å². The lowest BCUT2D eigenvalue weighted by atomic mass is 10.0. The van der Waals surface area contributed by atoms with Gasteiger partial charge in [0.15, 0.2) is 0 Å². The highest BCUT2D eigenvalue weighted by Crippen LogP contribution is 2.30. The number of hydrogen-bond donors (Lipinski definition) is 1. The SMILES string of the molecule is O=C(c1ccncc1)c1c(O)cccc1OC(F)F. The van der Waals surface area contributed by atoms with E-state index < -0.39 is 18.1 Å². The predicted molar refractivity (Wildman–Crippen MR) is 62.4 cm³/mol. The molecule has 2 aromatic rings. The Hall–Kier alpha value is -2.50. The Balaban J connectivity index is 2.46. The standard InChI is InChI=1S/C13H9F2NO3/c14-13(15)19-10-3-1-2-9(17)11(10)12(18)8-4-6-16-7-5-8/h1-7,13,17H. The molecule has 4 nitrogen and oxygen atoms in total. The van der Waals surface area contributed by atoms with Gasteiger partial charge in [0.25, 0.3) is 0 Å². The Morgan fingerprint density at radius 2 is 1.89 bits per heavy atom. The largest absolute Gasteiger partial charge is 0.507 e. The smallest absolute Gasteiger partial charge is 0.387 e. The predicted octanol–water partition coefficient (Wildman–Crippen LogP) is 2.62. The average Bonchev–Trinajstić information content (AvgIpc) is 2.38. The number of alkyl halides is 2. The summed E-state index contributed by atoms with van der Waals surface area (Å²) in [6.07, 6.45) is 2.78. The molecule has 0 aliphatic heterocycles. The van der Waals surface area contributed by atoms with Crippen LogP contribution in [0, 0.1) is 0 Å². The van der Waals surface area contributed by atoms with Crippen LogP contribution in [0.1, 0.15) is 15.9 Å². The van der Waals surface area contributed by atoms with Crippen molar-refractivity contribution in [3.63, 3.8) is 0 Å². The lowest BCUT2D eigenvalue weighted by Crippen LogP contribution is -2.09. The molecule has 0 atom stereocenters. The van der Waals surface area contributed by atoms with Gasteiger partial charge in [-0.15, -0.1) is 0 Å². The Morgan fingerprint density at radius 3 is 2.53 bits per heavy atom. The van der Waals surface area contributed by atoms with Crippen LogP contribution in [-0.4, -0.2) is 22.5 Å². The van der Waals surface area contributed by atoms with E-state index in [0.717, 1.165) is 0 Å². The number of carbonyl (C=O) groups is 1. The molecule has 0 saturated heterocycles. The maximum absolute atomic E-state index is 12.3. The van der Waals surface area contributed by atoms with E-state index in [4.69, 9.17) is 0 Å². The van der Waals surface area contributed by atoms with Gasteiger partial charge >= 0.3 is 6.61 Å². The molecule has 19 heavy (non-hydrogen) atoms. The Morgan fingerprint density at radius 1 is 1.21 bits per heavy atom. The molecule has 98 valence electrons. The number of ketones is 1. The second-order valence-corrected chi connectivity index (χ2v) is 3.59. The molecular weight excluding hydrogens is 256 g/mol. The monoisotopic (exact) mass is 265 g/mol. The van der Waals surface area contributed by atoms with Crippen molar-refractivity contribution in [2.75, 3.05) is 0 Å². The lowest BCUT2D eigenvalue weighted by molar-refractivity contribution is -0.0502. The van der Waals surface area contributed by atoms with Crippen LogP contribution < -0.4 is 4.74 Å². The summed E-state index contributed by atoms with van der Waals surface area (Å²) >= 11 is 0. The maximum Gasteiger partial charge on any atom is 0.387 e. The molecule has 2 rings (SSSR count). The number of halogens is 2. The first-order chi connectivity index (χ1) is 9.09. The third-order valence-corrected chi connectivity index (χ3v) is 2.39. The van der Waals surface area contributed by atoms with Gasteiger partial charge in [0.1, 0.15) is 17.1 Å². The van der Waals surface area contributed by atoms with Gasteiger partial charge in [-0.25, -0.2) is 0 Å². The van der Waals surface area contributed by atoms with Gasteiger partial charge in [0.2, 0.25) is 5.78 Å². The van der Waals surface area contributed by atoms with Crippen LogP contribution in [0.3, 0.4) is 0 Å². The fourth-order valence-corrected chi connectivity index (χ4v) is 1.59. The molecule has 0 amide bonds. The molecule has 0 saturated carbocycles. The fraction of sp³-hybridized carbons (Fsp3) is 0.0769. The van der Waals surface area contributed by atoms with Crippen molar-refractivity contribution in [3.05, 3.63) is 53.9 Å². The summed E-state index contributed by atoms with van der Waals surface area (Å²) < 4.78 is 28.8. The minimum atomic E-state index is -3.08. The van der Waals surface area contributed by atoms with Gasteiger partial charge in [0.05, 0.1) is 0 Å². The van der Waals surface area contributed by atoms with E-state index in [9.17, 15) is 18.7 Å². The molecule has 6 heteroatoms. The van der Waals surface area contributed by atoms with Gasteiger partial charge in [0, 0.05) is 18.0 Å². The van der Waals surface area contributed by atoms with Crippen LogP contribution in [0.15, 0.2) is 42.7 Å². The van der Waals surface area contributed by atoms with E-state index in [1.54, 1.807) is 0 Å². The first-order valence-corrected chi connectivity index (χ1v) is 5.31. The van der Waals surface area contributed by atoms with Gasteiger partial charge < -0.3 is 9.84 Å². The summed E-state index contributed by atoms with van der Waals surface area (Å²) in [5, 5.41) is 9.67. The van der Waals surface area contributed by atoms with Crippen LogP contribution in [0.4, 0.5) is 8.78 Å². The highest BCUT2D eigenvalue weighted by molar-refractivity contribution is 6.12. The van der Waals surface area contributed by atoms with E-state index >= 15 is 0 Å². The van der Waals surface area contributed by atoms with Crippen molar-refractivity contribution in [1.29, 1.82) is 0 Å². The van der Waals surface area contributed by atoms with E-state index in [1.165, 1.54) is 42.7 Å². The van der Waals surface area contributed by atoms with Crippen LogP contribution in [0.25, 0.3) is 0 Å². The molecule has 1 heterocycles. The second kappa shape index (κ2) is 5.43. The summed E-state index contributed by atoms with van der Waals surface area (Å²) in [6.45, 7) is -3.08. The first kappa shape index (κ1) is 12.9. The molecule has 1 aromatic carbocycles. The number of aromatic nitrogens is 1. The summed E-state index contributed by atoms with van der Waals surface area (Å²) in [7, 11) is 0. The molecule has 0 unspecified atom stereocenters. The van der Waals surface area contributed by atoms with Crippen molar-refractivity contribution in [3.8, 4) is 11.5 Å². The highest BCUT2D eigenvalue weighted by Gasteiger charge is 2.21. The van der Waals surface area contributed by atoms with Gasteiger partial charge in [-0.3, -0.25) is 9.78 Å². The number of ether oxygens (including phenoxy) is 1. The number of carbonyl (C=O) groups excluding carboxylic acids is 1. The number of aromatic hydroxyl groups is 1. The molecule has 1 aromatic heterocycles. The highest BCUT2D eigenvalue weighted by atomic mass is 19.3. The number of nitrogens with zero attached hydrogens (tertiary/aromatic N) is 1. The van der Waals surface area contributed by atoms with Gasteiger partial charge in [-0.1, -0.05) is 6.07 Å². The van der Waals surface area contributed by atoms with Crippen molar-refractivity contribution < 1.29 is 23.4 Å². The Bertz CT molecular complexity index is 588. The van der Waals surface area contributed by atoms with E-state index in [-0.39, 0.29) is 16.9 Å². The third-order valence-electron chi connectivity index (χ3n) is 2.39. The zero-order valence-electron chi connectivity index (χ0n) is 9.59. The Kier molecular flexibility index (Phi) is 3.70. The fourth-order valence-electron chi connectivity index (χ4n) is 1.59. The van der Waals surface area contributed by atoms with E-state index in [0.29, 0.717) is 0 Å². The number of rotatable bonds is 4. The van der Waals surface area contributed by atoms with E-state index in [1.807, 2.05) is 0 Å². The third kappa shape index (κ3) is 2.85. The zero-order chi connectivity index (χ0) is 13.8. The van der Waals surface area contributed by atoms with Crippen molar-refractivity contribution >= 4 is 5.78 Å². The number of pyridine rings is 1. The number of benzene rings is 1. The molecule has 0 aliphatic carbocycles. The molecule has 0 bridgehead atoms. The van der Waals surface area contributed by atoms with Crippen LogP contribution in [0.5, 0.6) is 11.5 Å². The summed E-state index contributed by atoms with van der Waals surface area (Å²) in [5.41, 5.74) is -0.0791. The normalized spacial score (nSPS) is 10.5. The molecule has 0 spiro atoms. The Labute approximate surface area is 107 Å². The minimum absolute atomic E-state index is 0.218. The minimum Gasteiger partial charge on any atom is -0.507 e. The second-order valence-electron chi connectivity index (χ2n) is 3.59. The van der Waals surface area contributed by atoms with E-state index in [2.05, 4.69) is 9.72 Å². The summed E-state index contributed by atoms with van der Waals surface area (Å²) in [6, 6.07) is 6.57. The maximum atomic E-state index is 12.3. The molecule has 0 aliphatic rings. The zero-order valence-corrected chi connectivity index (χ0v) is 9.59. The van der Waals surface area contributed by atoms with Crippen LogP contribution in [0.2, 0.25) is 0 Å². The quantitative estimate of drug-likeness (QED) is 0.863. The molecule has 1 N–H and O–H groups in total. The number of phenolic OH excluding ortho intramolecular Hbond substituents is 1. The van der Waals surface area contributed by atoms with Gasteiger partial charge in [-0.2, -0.15) is 8.78 Å². The first-order valence-electron chi connectivity index (χ1n) is 5.31. The average molecular weight is 265 g/mol. The molecular formula is C13H9F2NO3. The topological polar surface area (TPSA) is 59.4 Å². The van der Waals surface area contributed by atoms with Crippen molar-refractivity contribution in [1.82, 2.24) is 4.98 Å². The van der Waals surface area contributed by atoms with Crippen LogP contribution in [-0.2, 0) is 0 Å². The lowest BCUT2D eigenvalue weighted by Gasteiger charge is -2.11. The molecule has 0 fully saturated rings. The number of phenols is 1. The summed E-state index contributed by atoms with van der Waals surface area (Å²) in [5.74, 6) is -1.40. The van der Waals surface area contributed by atoms with Crippen molar-refractivity contribution in [2.24, 2.45) is 0 Å².